The number of aromatic nitrogens is 3. The zero-order chi connectivity index (χ0) is 20.2. The molecule has 0 fully saturated rings. The highest BCUT2D eigenvalue weighted by Crippen LogP contribution is 2.26. The van der Waals surface area contributed by atoms with Gasteiger partial charge in [-0.1, -0.05) is 29.5 Å². The van der Waals surface area contributed by atoms with Crippen molar-refractivity contribution in [2.45, 2.75) is 19.4 Å². The van der Waals surface area contributed by atoms with E-state index < -0.39 is 11.6 Å². The number of amides is 1. The van der Waals surface area contributed by atoms with E-state index in [2.05, 4.69) is 32.7 Å². The first-order chi connectivity index (χ1) is 14.1. The number of para-hydroxylation sites is 1. The van der Waals surface area contributed by atoms with E-state index in [1.54, 1.807) is 0 Å². The monoisotopic (exact) mass is 397 g/mol. The first-order valence-corrected chi connectivity index (χ1v) is 9.56. The van der Waals surface area contributed by atoms with Gasteiger partial charge >= 0.3 is 0 Å². The van der Waals surface area contributed by atoms with Crippen molar-refractivity contribution >= 4 is 11.6 Å². The molecule has 0 unspecified atom stereocenters. The van der Waals surface area contributed by atoms with Gasteiger partial charge in [-0.15, -0.1) is 5.10 Å². The summed E-state index contributed by atoms with van der Waals surface area (Å²) >= 11 is 0. The summed E-state index contributed by atoms with van der Waals surface area (Å²) in [5, 5.41) is 10.5. The summed E-state index contributed by atoms with van der Waals surface area (Å²) < 4.78 is 28.8. The molecule has 2 heterocycles. The molecule has 0 radical (unpaired) electrons. The number of halogens is 2. The SMILES string of the molecule is O=C(NCCN1CCCc2ccccc21)c1cn(Cc2c(F)cccc2F)nn1. The molecule has 0 spiro atoms. The Balaban J connectivity index is 1.33. The quantitative estimate of drug-likeness (QED) is 0.695. The summed E-state index contributed by atoms with van der Waals surface area (Å²) in [7, 11) is 0. The Morgan fingerprint density at radius 1 is 1.10 bits per heavy atom. The van der Waals surface area contributed by atoms with Gasteiger partial charge < -0.3 is 10.2 Å². The number of aryl methyl sites for hydroxylation is 1. The van der Waals surface area contributed by atoms with Gasteiger partial charge in [-0.25, -0.2) is 13.5 Å². The maximum absolute atomic E-state index is 13.8. The number of fused-ring (bicyclic) bond motifs is 1. The van der Waals surface area contributed by atoms with Crippen LogP contribution in [0.3, 0.4) is 0 Å². The maximum Gasteiger partial charge on any atom is 0.273 e. The number of rotatable bonds is 6. The number of nitrogens with one attached hydrogen (secondary N) is 1. The Bertz CT molecular complexity index is 1000. The number of anilines is 1. The molecular formula is C21H21F2N5O. The number of hydrogen-bond acceptors (Lipinski definition) is 4. The highest BCUT2D eigenvalue weighted by atomic mass is 19.1. The molecule has 3 aromatic rings. The lowest BCUT2D eigenvalue weighted by atomic mass is 10.0. The van der Waals surface area contributed by atoms with E-state index in [9.17, 15) is 13.6 Å². The smallest absolute Gasteiger partial charge is 0.273 e. The molecule has 0 aliphatic carbocycles. The van der Waals surface area contributed by atoms with Crippen LogP contribution in [0.2, 0.25) is 0 Å². The maximum atomic E-state index is 13.8. The fraction of sp³-hybridized carbons (Fsp3) is 0.286. The van der Waals surface area contributed by atoms with Crippen LogP contribution < -0.4 is 10.2 Å². The zero-order valence-corrected chi connectivity index (χ0v) is 15.8. The van der Waals surface area contributed by atoms with Gasteiger partial charge in [0.25, 0.3) is 5.91 Å². The normalized spacial score (nSPS) is 13.2. The van der Waals surface area contributed by atoms with E-state index in [0.29, 0.717) is 13.1 Å². The molecular weight excluding hydrogens is 376 g/mol. The van der Waals surface area contributed by atoms with E-state index in [-0.39, 0.29) is 23.7 Å². The van der Waals surface area contributed by atoms with E-state index in [4.69, 9.17) is 0 Å². The minimum atomic E-state index is -0.659. The average Bonchev–Trinajstić information content (AvgIpc) is 3.20. The van der Waals surface area contributed by atoms with Crippen molar-refractivity contribution in [3.8, 4) is 0 Å². The fourth-order valence-corrected chi connectivity index (χ4v) is 3.56. The van der Waals surface area contributed by atoms with Crippen LogP contribution in [0, 0.1) is 11.6 Å². The first kappa shape index (κ1) is 19.0. The highest BCUT2D eigenvalue weighted by molar-refractivity contribution is 5.91. The molecule has 1 aliphatic rings. The third-order valence-electron chi connectivity index (χ3n) is 5.03. The Hall–Kier alpha value is -3.29. The molecule has 0 atom stereocenters. The number of carbonyl (C=O) groups is 1. The highest BCUT2D eigenvalue weighted by Gasteiger charge is 2.17. The fourth-order valence-electron chi connectivity index (χ4n) is 3.56. The van der Waals surface area contributed by atoms with Crippen LogP contribution in [0.4, 0.5) is 14.5 Å². The van der Waals surface area contributed by atoms with Crippen molar-refractivity contribution < 1.29 is 13.6 Å². The lowest BCUT2D eigenvalue weighted by Gasteiger charge is -2.31. The third-order valence-corrected chi connectivity index (χ3v) is 5.03. The number of benzene rings is 2. The number of hydrogen-bond donors (Lipinski definition) is 1. The summed E-state index contributed by atoms with van der Waals surface area (Å²) in [5.41, 5.74) is 2.54. The van der Waals surface area contributed by atoms with Crippen LogP contribution in [0.25, 0.3) is 0 Å². The van der Waals surface area contributed by atoms with E-state index >= 15 is 0 Å². The number of nitrogens with zero attached hydrogens (tertiary/aromatic N) is 4. The van der Waals surface area contributed by atoms with Gasteiger partial charge in [-0.2, -0.15) is 0 Å². The second kappa shape index (κ2) is 8.38. The average molecular weight is 397 g/mol. The van der Waals surface area contributed by atoms with Crippen molar-refractivity contribution in [1.29, 1.82) is 0 Å². The first-order valence-electron chi connectivity index (χ1n) is 9.56. The number of carbonyl (C=O) groups excluding carboxylic acids is 1. The predicted octanol–water partition coefficient (Wildman–Crippen LogP) is 2.79. The predicted molar refractivity (Wildman–Crippen MR) is 105 cm³/mol. The van der Waals surface area contributed by atoms with Gasteiger partial charge in [-0.3, -0.25) is 4.79 Å². The molecule has 29 heavy (non-hydrogen) atoms. The van der Waals surface area contributed by atoms with Crippen LogP contribution in [-0.4, -0.2) is 40.5 Å². The third kappa shape index (κ3) is 4.26. The van der Waals surface area contributed by atoms with Crippen LogP contribution in [-0.2, 0) is 13.0 Å². The van der Waals surface area contributed by atoms with Gasteiger partial charge in [0, 0.05) is 30.9 Å². The largest absolute Gasteiger partial charge is 0.370 e. The molecule has 4 rings (SSSR count). The Kier molecular flexibility index (Phi) is 5.50. The Morgan fingerprint density at radius 3 is 2.72 bits per heavy atom. The molecule has 1 aromatic heterocycles. The molecule has 8 heteroatoms. The van der Waals surface area contributed by atoms with Gasteiger partial charge in [-0.05, 0) is 36.6 Å². The van der Waals surface area contributed by atoms with E-state index in [1.165, 1.54) is 40.3 Å². The van der Waals surface area contributed by atoms with Crippen LogP contribution >= 0.6 is 0 Å². The second-order valence-corrected chi connectivity index (χ2v) is 6.98. The molecule has 150 valence electrons. The molecule has 2 aromatic carbocycles. The van der Waals surface area contributed by atoms with Crippen molar-refractivity contribution in [2.24, 2.45) is 0 Å². The zero-order valence-electron chi connectivity index (χ0n) is 15.8. The van der Waals surface area contributed by atoms with Gasteiger partial charge in [0.15, 0.2) is 5.69 Å². The van der Waals surface area contributed by atoms with Crippen LogP contribution in [0.1, 0.15) is 28.0 Å². The standard InChI is InChI=1S/C21H21F2N5O/c22-17-7-3-8-18(23)16(17)13-28-14-19(25-26-28)21(29)24-10-12-27-11-4-6-15-5-1-2-9-20(15)27/h1-3,5,7-9,14H,4,6,10-13H2,(H,24,29). The molecule has 0 saturated heterocycles. The minimum absolute atomic E-state index is 0.112. The molecule has 0 saturated carbocycles. The summed E-state index contributed by atoms with van der Waals surface area (Å²) in [4.78, 5) is 14.6. The van der Waals surface area contributed by atoms with Crippen LogP contribution in [0.5, 0.6) is 0 Å². The molecule has 1 N–H and O–H groups in total. The van der Waals surface area contributed by atoms with Crippen molar-refractivity contribution in [3.05, 3.63) is 77.1 Å². The summed E-state index contributed by atoms with van der Waals surface area (Å²) in [6.07, 6.45) is 3.55. The summed E-state index contributed by atoms with van der Waals surface area (Å²) in [6, 6.07) is 12.0. The lowest BCUT2D eigenvalue weighted by Crippen LogP contribution is -2.37. The lowest BCUT2D eigenvalue weighted by molar-refractivity contribution is 0.0949. The van der Waals surface area contributed by atoms with E-state index in [0.717, 1.165) is 19.4 Å². The Labute approximate surface area is 167 Å². The minimum Gasteiger partial charge on any atom is -0.370 e. The topological polar surface area (TPSA) is 63.1 Å². The van der Waals surface area contributed by atoms with Crippen molar-refractivity contribution in [2.75, 3.05) is 24.5 Å². The van der Waals surface area contributed by atoms with Crippen molar-refractivity contribution in [3.63, 3.8) is 0 Å². The molecule has 6 nitrogen and oxygen atoms in total. The molecule has 1 aliphatic heterocycles. The van der Waals surface area contributed by atoms with Crippen LogP contribution in [0.15, 0.2) is 48.7 Å². The molecule has 1 amide bonds. The van der Waals surface area contributed by atoms with Crippen molar-refractivity contribution in [1.82, 2.24) is 20.3 Å². The van der Waals surface area contributed by atoms with Gasteiger partial charge in [0.1, 0.15) is 11.6 Å². The Morgan fingerprint density at radius 2 is 1.90 bits per heavy atom. The summed E-state index contributed by atoms with van der Waals surface area (Å²) in [5.74, 6) is -1.68. The van der Waals surface area contributed by atoms with Gasteiger partial charge in [0.2, 0.25) is 0 Å². The second-order valence-electron chi connectivity index (χ2n) is 6.98. The van der Waals surface area contributed by atoms with E-state index in [1.807, 2.05) is 12.1 Å². The summed E-state index contributed by atoms with van der Waals surface area (Å²) in [6.45, 7) is 1.97. The molecule has 0 bridgehead atoms. The van der Waals surface area contributed by atoms with Gasteiger partial charge in [0.05, 0.1) is 12.7 Å².